The fraction of sp³-hybridized carbons (Fsp3) is 0.667. The largest absolute Gasteiger partial charge is 0.316 e. The standard InChI is InChI=1S/C18H28FN/c1-3-9-20-13-15-7-5-4-6-8-18(15)16-10-14(2)11-17(19)12-16/h10-12,15,18,20H,3-9,13H2,1-2H3. The molecule has 1 aliphatic rings. The van der Waals surface area contributed by atoms with E-state index in [0.717, 1.165) is 18.7 Å². The van der Waals surface area contributed by atoms with Crippen molar-refractivity contribution in [2.75, 3.05) is 13.1 Å². The van der Waals surface area contributed by atoms with Gasteiger partial charge in [0.15, 0.2) is 0 Å². The van der Waals surface area contributed by atoms with Crippen LogP contribution >= 0.6 is 0 Å². The van der Waals surface area contributed by atoms with E-state index in [9.17, 15) is 4.39 Å². The van der Waals surface area contributed by atoms with Crippen LogP contribution in [-0.4, -0.2) is 13.1 Å². The normalized spacial score (nSPS) is 23.6. The lowest BCUT2D eigenvalue weighted by molar-refractivity contribution is 0.374. The highest BCUT2D eigenvalue weighted by molar-refractivity contribution is 5.27. The second kappa shape index (κ2) is 7.78. The van der Waals surface area contributed by atoms with Gasteiger partial charge in [-0.1, -0.05) is 32.3 Å². The maximum atomic E-state index is 13.7. The lowest BCUT2D eigenvalue weighted by Crippen LogP contribution is -2.27. The molecule has 20 heavy (non-hydrogen) atoms. The zero-order valence-corrected chi connectivity index (χ0v) is 12.9. The summed E-state index contributed by atoms with van der Waals surface area (Å²) >= 11 is 0. The Kier molecular flexibility index (Phi) is 6.03. The van der Waals surface area contributed by atoms with Gasteiger partial charge in [-0.3, -0.25) is 0 Å². The first kappa shape index (κ1) is 15.5. The van der Waals surface area contributed by atoms with E-state index >= 15 is 0 Å². The third kappa shape index (κ3) is 4.31. The monoisotopic (exact) mass is 277 g/mol. The summed E-state index contributed by atoms with van der Waals surface area (Å²) in [5.41, 5.74) is 2.26. The second-order valence-corrected chi connectivity index (χ2v) is 6.27. The van der Waals surface area contributed by atoms with Gasteiger partial charge in [-0.15, -0.1) is 0 Å². The molecule has 112 valence electrons. The molecule has 1 saturated carbocycles. The van der Waals surface area contributed by atoms with Gasteiger partial charge in [0, 0.05) is 0 Å². The Balaban J connectivity index is 2.14. The molecule has 1 aliphatic carbocycles. The van der Waals surface area contributed by atoms with Crippen molar-refractivity contribution < 1.29 is 4.39 Å². The number of aryl methyl sites for hydroxylation is 1. The molecule has 0 saturated heterocycles. The smallest absolute Gasteiger partial charge is 0.123 e. The number of halogens is 1. The number of benzene rings is 1. The molecule has 2 rings (SSSR count). The van der Waals surface area contributed by atoms with Crippen molar-refractivity contribution in [1.82, 2.24) is 5.32 Å². The maximum Gasteiger partial charge on any atom is 0.123 e. The van der Waals surface area contributed by atoms with Crippen molar-refractivity contribution in [2.45, 2.75) is 58.3 Å². The molecule has 0 spiro atoms. The molecule has 2 atom stereocenters. The first-order valence-corrected chi connectivity index (χ1v) is 8.18. The van der Waals surface area contributed by atoms with Crippen molar-refractivity contribution in [3.8, 4) is 0 Å². The van der Waals surface area contributed by atoms with Gasteiger partial charge in [0.05, 0.1) is 0 Å². The minimum absolute atomic E-state index is 0.0792. The molecule has 0 aromatic heterocycles. The van der Waals surface area contributed by atoms with Crippen LogP contribution in [0.2, 0.25) is 0 Å². The molecule has 0 heterocycles. The molecule has 2 unspecified atom stereocenters. The van der Waals surface area contributed by atoms with Gasteiger partial charge in [0.2, 0.25) is 0 Å². The predicted octanol–water partition coefficient (Wildman–Crippen LogP) is 4.80. The molecule has 0 amide bonds. The number of nitrogens with one attached hydrogen (secondary N) is 1. The van der Waals surface area contributed by atoms with Crippen LogP contribution in [0.5, 0.6) is 0 Å². The van der Waals surface area contributed by atoms with Gasteiger partial charge in [-0.25, -0.2) is 4.39 Å². The molecule has 1 nitrogen and oxygen atoms in total. The molecule has 0 bridgehead atoms. The van der Waals surface area contributed by atoms with Crippen LogP contribution in [0.15, 0.2) is 18.2 Å². The van der Waals surface area contributed by atoms with Crippen molar-refractivity contribution in [1.29, 1.82) is 0 Å². The summed E-state index contributed by atoms with van der Waals surface area (Å²) in [6.45, 7) is 6.36. The maximum absolute atomic E-state index is 13.7. The van der Waals surface area contributed by atoms with E-state index in [2.05, 4.69) is 18.3 Å². The fourth-order valence-electron chi connectivity index (χ4n) is 3.51. The van der Waals surface area contributed by atoms with Gasteiger partial charge < -0.3 is 5.32 Å². The molecular weight excluding hydrogens is 249 g/mol. The average molecular weight is 277 g/mol. The topological polar surface area (TPSA) is 12.0 Å². The van der Waals surface area contributed by atoms with Crippen molar-refractivity contribution in [2.24, 2.45) is 5.92 Å². The van der Waals surface area contributed by atoms with Crippen LogP contribution < -0.4 is 5.32 Å². The van der Waals surface area contributed by atoms with E-state index in [0.29, 0.717) is 11.8 Å². The summed E-state index contributed by atoms with van der Waals surface area (Å²) in [6, 6.07) is 5.58. The van der Waals surface area contributed by atoms with E-state index in [4.69, 9.17) is 0 Å². The Hall–Kier alpha value is -0.890. The molecule has 1 aromatic rings. The Bertz CT molecular complexity index is 396. The predicted molar refractivity (Wildman–Crippen MR) is 83.6 cm³/mol. The third-order valence-corrected chi connectivity index (χ3v) is 4.48. The quantitative estimate of drug-likeness (QED) is 0.602. The molecule has 2 heteroatoms. The van der Waals surface area contributed by atoms with Gasteiger partial charge in [-0.2, -0.15) is 0 Å². The van der Waals surface area contributed by atoms with E-state index < -0.39 is 0 Å². The lowest BCUT2D eigenvalue weighted by atomic mass is 9.82. The first-order chi connectivity index (χ1) is 9.70. The van der Waals surface area contributed by atoms with Crippen LogP contribution in [0.3, 0.4) is 0 Å². The van der Waals surface area contributed by atoms with Crippen LogP contribution in [-0.2, 0) is 0 Å². The second-order valence-electron chi connectivity index (χ2n) is 6.27. The van der Waals surface area contributed by atoms with Crippen molar-refractivity contribution >= 4 is 0 Å². The van der Waals surface area contributed by atoms with Crippen molar-refractivity contribution in [3.63, 3.8) is 0 Å². The Morgan fingerprint density at radius 1 is 1.15 bits per heavy atom. The number of hydrogen-bond donors (Lipinski definition) is 1. The number of hydrogen-bond acceptors (Lipinski definition) is 1. The van der Waals surface area contributed by atoms with E-state index in [1.165, 1.54) is 44.1 Å². The highest BCUT2D eigenvalue weighted by Gasteiger charge is 2.25. The third-order valence-electron chi connectivity index (χ3n) is 4.48. The Morgan fingerprint density at radius 3 is 2.70 bits per heavy atom. The van der Waals surface area contributed by atoms with Crippen molar-refractivity contribution in [3.05, 3.63) is 35.1 Å². The molecule has 1 aromatic carbocycles. The summed E-state index contributed by atoms with van der Waals surface area (Å²) < 4.78 is 13.7. The fourth-order valence-corrected chi connectivity index (χ4v) is 3.51. The summed E-state index contributed by atoms with van der Waals surface area (Å²) in [7, 11) is 0. The van der Waals surface area contributed by atoms with Gasteiger partial charge in [0.1, 0.15) is 5.82 Å². The number of rotatable bonds is 5. The zero-order chi connectivity index (χ0) is 14.4. The van der Waals surface area contributed by atoms with Gasteiger partial charge >= 0.3 is 0 Å². The minimum Gasteiger partial charge on any atom is -0.316 e. The van der Waals surface area contributed by atoms with Crippen LogP contribution in [0.4, 0.5) is 4.39 Å². The minimum atomic E-state index is -0.0792. The zero-order valence-electron chi connectivity index (χ0n) is 12.9. The van der Waals surface area contributed by atoms with Crippen LogP contribution in [0.25, 0.3) is 0 Å². The van der Waals surface area contributed by atoms with Crippen LogP contribution in [0.1, 0.15) is 62.5 Å². The van der Waals surface area contributed by atoms with Gasteiger partial charge in [0.25, 0.3) is 0 Å². The molecule has 0 radical (unpaired) electrons. The molecule has 1 N–H and O–H groups in total. The first-order valence-electron chi connectivity index (χ1n) is 8.18. The van der Waals surface area contributed by atoms with Crippen LogP contribution in [0, 0.1) is 18.7 Å². The molecule has 1 fully saturated rings. The Labute approximate surface area is 123 Å². The highest BCUT2D eigenvalue weighted by Crippen LogP contribution is 2.36. The highest BCUT2D eigenvalue weighted by atomic mass is 19.1. The van der Waals surface area contributed by atoms with E-state index in [1.807, 2.05) is 6.92 Å². The Morgan fingerprint density at radius 2 is 1.95 bits per heavy atom. The average Bonchev–Trinajstić information content (AvgIpc) is 2.63. The van der Waals surface area contributed by atoms with E-state index in [-0.39, 0.29) is 5.82 Å². The van der Waals surface area contributed by atoms with Gasteiger partial charge in [-0.05, 0) is 74.4 Å². The molecular formula is C18H28FN. The summed E-state index contributed by atoms with van der Waals surface area (Å²) in [6.07, 6.45) is 7.59. The molecule has 0 aliphatic heterocycles. The summed E-state index contributed by atoms with van der Waals surface area (Å²) in [5.74, 6) is 1.10. The summed E-state index contributed by atoms with van der Waals surface area (Å²) in [4.78, 5) is 0. The summed E-state index contributed by atoms with van der Waals surface area (Å²) in [5, 5.41) is 3.57. The SMILES string of the molecule is CCCNCC1CCCCCC1c1cc(C)cc(F)c1. The lowest BCUT2D eigenvalue weighted by Gasteiger charge is -2.26. The van der Waals surface area contributed by atoms with E-state index in [1.54, 1.807) is 12.1 Å².